The third-order valence-corrected chi connectivity index (χ3v) is 3.97. The number of phenols is 2. The second-order valence-corrected chi connectivity index (χ2v) is 6.35. The zero-order chi connectivity index (χ0) is 15.3. The van der Waals surface area contributed by atoms with E-state index in [2.05, 4.69) is 11.2 Å². The highest BCUT2D eigenvalue weighted by atomic mass is 32.2. The molecule has 0 aliphatic carbocycles. The minimum Gasteiger partial charge on any atom is -0.508 e. The quantitative estimate of drug-likeness (QED) is 0.851. The number of phenolic OH excluding ortho intramolecular Hbond substituents is 2. The second-order valence-electron chi connectivity index (χ2n) is 4.51. The smallest absolute Gasteiger partial charge is 0.217 e. The van der Waals surface area contributed by atoms with Gasteiger partial charge < -0.3 is 10.2 Å². The van der Waals surface area contributed by atoms with Crippen molar-refractivity contribution in [2.45, 2.75) is 6.42 Å². The van der Waals surface area contributed by atoms with Gasteiger partial charge in [0.25, 0.3) is 0 Å². The summed E-state index contributed by atoms with van der Waals surface area (Å²) in [6.07, 6.45) is 0.340. The summed E-state index contributed by atoms with van der Waals surface area (Å²) in [5.74, 6) is 2.74. The lowest BCUT2D eigenvalue weighted by Crippen LogP contribution is -2.05. The first kappa shape index (κ1) is 14.9. The number of aryl methyl sites for hydroxylation is 1. The predicted octanol–water partition coefficient (Wildman–Crippen LogP) is 2.06. The van der Waals surface area contributed by atoms with E-state index in [0.717, 1.165) is 5.56 Å². The third-order valence-electron chi connectivity index (χ3n) is 2.81. The molecule has 0 radical (unpaired) electrons. The Hall–Kier alpha value is -2.45. The number of aromatic hydroxyl groups is 2. The van der Waals surface area contributed by atoms with Crippen molar-refractivity contribution in [3.05, 3.63) is 59.7 Å². The molecule has 0 fully saturated rings. The molecule has 0 amide bonds. The zero-order valence-electron chi connectivity index (χ0n) is 11.2. The first-order valence-electron chi connectivity index (χ1n) is 6.27. The van der Waals surface area contributed by atoms with E-state index >= 15 is 0 Å². The van der Waals surface area contributed by atoms with Gasteiger partial charge in [0.1, 0.15) is 11.5 Å². The van der Waals surface area contributed by atoms with Gasteiger partial charge in [-0.3, -0.25) is 0 Å². The fourth-order valence-corrected chi connectivity index (χ4v) is 2.53. The van der Waals surface area contributed by atoms with Crippen LogP contribution in [-0.2, 0) is 16.3 Å². The molecular weight excluding hydrogens is 288 g/mol. The van der Waals surface area contributed by atoms with Gasteiger partial charge in [0.05, 0.1) is 5.75 Å². The summed E-state index contributed by atoms with van der Waals surface area (Å²) in [5.41, 5.74) is 1.35. The fraction of sp³-hybridized carbons (Fsp3) is 0.125. The first-order valence-corrected chi connectivity index (χ1v) is 7.92. The molecule has 0 spiro atoms. The van der Waals surface area contributed by atoms with Crippen molar-refractivity contribution in [3.8, 4) is 22.7 Å². The molecule has 108 valence electrons. The van der Waals surface area contributed by atoms with E-state index in [1.807, 2.05) is 0 Å². The number of hydrogen-bond acceptors (Lipinski definition) is 4. The minimum absolute atomic E-state index is 0.0805. The van der Waals surface area contributed by atoms with Gasteiger partial charge >= 0.3 is 0 Å². The van der Waals surface area contributed by atoms with Crippen LogP contribution in [0.25, 0.3) is 0 Å². The summed E-state index contributed by atoms with van der Waals surface area (Å²) in [4.78, 5) is 0. The van der Waals surface area contributed by atoms with Crippen LogP contribution < -0.4 is 0 Å². The van der Waals surface area contributed by atoms with Crippen molar-refractivity contribution < 1.29 is 18.6 Å². The molecule has 2 aromatic carbocycles. The van der Waals surface area contributed by atoms with Crippen molar-refractivity contribution in [1.82, 2.24) is 0 Å². The van der Waals surface area contributed by atoms with Gasteiger partial charge in [-0.15, -0.1) is 0 Å². The number of rotatable bonds is 3. The highest BCUT2D eigenvalue weighted by Gasteiger charge is 2.07. The van der Waals surface area contributed by atoms with Crippen molar-refractivity contribution in [1.29, 1.82) is 0 Å². The molecule has 0 bridgehead atoms. The average molecular weight is 302 g/mol. The summed E-state index contributed by atoms with van der Waals surface area (Å²) in [6, 6.07) is 12.4. The molecule has 0 unspecified atom stereocenters. The molecule has 2 rings (SSSR count). The molecule has 0 saturated heterocycles. The first-order chi connectivity index (χ1) is 9.94. The molecule has 2 N–H and O–H groups in total. The van der Waals surface area contributed by atoms with Gasteiger partial charge in [-0.25, -0.2) is 8.42 Å². The molecule has 0 aliphatic rings. The van der Waals surface area contributed by atoms with Gasteiger partial charge in [-0.05, 0) is 48.4 Å². The summed E-state index contributed by atoms with van der Waals surface area (Å²) < 4.78 is 23.7. The Morgan fingerprint density at radius 1 is 0.857 bits per heavy atom. The lowest BCUT2D eigenvalue weighted by molar-refractivity contribution is 0.474. The molecule has 0 saturated carbocycles. The monoisotopic (exact) mass is 302 g/mol. The molecule has 21 heavy (non-hydrogen) atoms. The van der Waals surface area contributed by atoms with Crippen LogP contribution in [0.2, 0.25) is 0 Å². The van der Waals surface area contributed by atoms with Gasteiger partial charge in [-0.2, -0.15) is 0 Å². The topological polar surface area (TPSA) is 74.6 Å². The van der Waals surface area contributed by atoms with Gasteiger partial charge in [0.2, 0.25) is 9.84 Å². The number of sulfone groups is 1. The summed E-state index contributed by atoms with van der Waals surface area (Å²) in [7, 11) is -3.48. The van der Waals surface area contributed by atoms with E-state index in [4.69, 9.17) is 10.2 Å². The fourth-order valence-electron chi connectivity index (χ4n) is 1.65. The molecule has 0 aromatic heterocycles. The van der Waals surface area contributed by atoms with Crippen LogP contribution >= 0.6 is 0 Å². The Morgan fingerprint density at radius 2 is 1.38 bits per heavy atom. The second kappa shape index (κ2) is 6.33. The largest absolute Gasteiger partial charge is 0.508 e. The van der Waals surface area contributed by atoms with E-state index in [0.29, 0.717) is 12.0 Å². The highest BCUT2D eigenvalue weighted by Crippen LogP contribution is 2.11. The Bertz CT molecular complexity index is 764. The van der Waals surface area contributed by atoms with Crippen LogP contribution in [0.15, 0.2) is 48.5 Å². The molecular formula is C16H14O4S. The van der Waals surface area contributed by atoms with E-state index in [1.165, 1.54) is 24.3 Å². The molecule has 0 aliphatic heterocycles. The predicted molar refractivity (Wildman–Crippen MR) is 80.6 cm³/mol. The Labute approximate surface area is 123 Å². The Balaban J connectivity index is 2.02. The van der Waals surface area contributed by atoms with Crippen LogP contribution in [0, 0.1) is 11.2 Å². The molecule has 4 nitrogen and oxygen atoms in total. The van der Waals surface area contributed by atoms with Crippen LogP contribution in [0.3, 0.4) is 0 Å². The van der Waals surface area contributed by atoms with Gasteiger partial charge in [-0.1, -0.05) is 18.1 Å². The molecule has 5 heteroatoms. The van der Waals surface area contributed by atoms with E-state index in [1.54, 1.807) is 24.3 Å². The molecule has 0 heterocycles. The summed E-state index contributed by atoms with van der Waals surface area (Å²) >= 11 is 0. The summed E-state index contributed by atoms with van der Waals surface area (Å²) in [5, 5.41) is 20.6. The van der Waals surface area contributed by atoms with E-state index in [9.17, 15) is 8.42 Å². The molecule has 2 aromatic rings. The Morgan fingerprint density at radius 3 is 1.95 bits per heavy atom. The van der Waals surface area contributed by atoms with Crippen LogP contribution in [0.1, 0.15) is 11.1 Å². The van der Waals surface area contributed by atoms with Gasteiger partial charge in [0.15, 0.2) is 0 Å². The minimum atomic E-state index is -3.48. The maximum atomic E-state index is 11.8. The van der Waals surface area contributed by atoms with Crippen molar-refractivity contribution in [2.24, 2.45) is 0 Å². The van der Waals surface area contributed by atoms with Crippen molar-refractivity contribution in [2.75, 3.05) is 5.75 Å². The van der Waals surface area contributed by atoms with Crippen LogP contribution in [-0.4, -0.2) is 24.4 Å². The highest BCUT2D eigenvalue weighted by molar-refractivity contribution is 7.96. The number of hydrogen-bond donors (Lipinski definition) is 2. The van der Waals surface area contributed by atoms with Gasteiger partial charge in [0, 0.05) is 10.8 Å². The van der Waals surface area contributed by atoms with Crippen LogP contribution in [0.4, 0.5) is 0 Å². The normalized spacial score (nSPS) is 10.7. The maximum Gasteiger partial charge on any atom is 0.217 e. The van der Waals surface area contributed by atoms with Crippen molar-refractivity contribution >= 4 is 9.84 Å². The average Bonchev–Trinajstić information content (AvgIpc) is 2.46. The lowest BCUT2D eigenvalue weighted by Gasteiger charge is -1.99. The van der Waals surface area contributed by atoms with E-state index < -0.39 is 9.84 Å². The van der Waals surface area contributed by atoms with E-state index in [-0.39, 0.29) is 17.3 Å². The Kier molecular flexibility index (Phi) is 4.51. The SMILES string of the molecule is O=S(=O)(C#Cc1ccc(O)cc1)CCc1ccc(O)cc1. The van der Waals surface area contributed by atoms with Crippen LogP contribution in [0.5, 0.6) is 11.5 Å². The zero-order valence-corrected chi connectivity index (χ0v) is 12.0. The summed E-state index contributed by atoms with van der Waals surface area (Å²) in [6.45, 7) is 0. The standard InChI is InChI=1S/C16H14O4S/c17-15-5-1-13(2-6-15)9-11-21(19,20)12-10-14-3-7-16(18)8-4-14/h1-8,17-18H,9,11H2. The molecule has 0 atom stereocenters. The van der Waals surface area contributed by atoms with Crippen molar-refractivity contribution in [3.63, 3.8) is 0 Å². The number of benzene rings is 2. The maximum absolute atomic E-state index is 11.8. The third kappa shape index (κ3) is 4.86. The lowest BCUT2D eigenvalue weighted by atomic mass is 10.2.